The average Bonchev–Trinajstić information content (AvgIpc) is 2.69. The summed E-state index contributed by atoms with van der Waals surface area (Å²) in [7, 11) is 0. The standard InChI is InChI=1S/C20H20N2O5/c1-2-3-9-18(23)27-19(16-10-12-17(13-11-16)22(25)26)20(24)21-14-15-7-5-4-6-8-15/h2,4-8,10-13,19H,1,3,9,14H2,(H,21,24). The van der Waals surface area contributed by atoms with Crippen LogP contribution in [0.3, 0.4) is 0 Å². The second-order valence-electron chi connectivity index (χ2n) is 5.75. The van der Waals surface area contributed by atoms with E-state index in [0.29, 0.717) is 12.0 Å². The summed E-state index contributed by atoms with van der Waals surface area (Å²) in [5, 5.41) is 13.5. The number of nitrogens with one attached hydrogen (secondary N) is 1. The minimum absolute atomic E-state index is 0.0962. The highest BCUT2D eigenvalue weighted by molar-refractivity contribution is 5.85. The van der Waals surface area contributed by atoms with Gasteiger partial charge in [0.15, 0.2) is 0 Å². The molecule has 140 valence electrons. The molecule has 0 saturated heterocycles. The van der Waals surface area contributed by atoms with E-state index in [4.69, 9.17) is 4.74 Å². The maximum absolute atomic E-state index is 12.6. The van der Waals surface area contributed by atoms with Gasteiger partial charge in [0.05, 0.1) is 4.92 Å². The zero-order chi connectivity index (χ0) is 19.6. The van der Waals surface area contributed by atoms with E-state index in [1.54, 1.807) is 6.08 Å². The smallest absolute Gasteiger partial charge is 0.307 e. The van der Waals surface area contributed by atoms with E-state index >= 15 is 0 Å². The fraction of sp³-hybridized carbons (Fsp3) is 0.200. The van der Waals surface area contributed by atoms with Crippen LogP contribution in [0.4, 0.5) is 5.69 Å². The van der Waals surface area contributed by atoms with E-state index in [0.717, 1.165) is 5.56 Å². The van der Waals surface area contributed by atoms with E-state index in [-0.39, 0.29) is 18.7 Å². The summed E-state index contributed by atoms with van der Waals surface area (Å²) in [4.78, 5) is 34.8. The van der Waals surface area contributed by atoms with Gasteiger partial charge in [-0.15, -0.1) is 6.58 Å². The molecule has 7 nitrogen and oxygen atoms in total. The van der Waals surface area contributed by atoms with Crippen molar-refractivity contribution in [1.29, 1.82) is 0 Å². The Morgan fingerprint density at radius 3 is 2.41 bits per heavy atom. The Balaban J connectivity index is 2.14. The number of nitrogens with zero attached hydrogens (tertiary/aromatic N) is 1. The predicted molar refractivity (Wildman–Crippen MR) is 99.6 cm³/mol. The third kappa shape index (κ3) is 6.07. The maximum atomic E-state index is 12.6. The van der Waals surface area contributed by atoms with Crippen LogP contribution in [-0.2, 0) is 20.9 Å². The van der Waals surface area contributed by atoms with Gasteiger partial charge in [-0.1, -0.05) is 36.4 Å². The molecule has 0 bridgehead atoms. The molecular formula is C20H20N2O5. The van der Waals surface area contributed by atoms with Crippen LogP contribution in [0.25, 0.3) is 0 Å². The third-order valence-corrected chi connectivity index (χ3v) is 3.76. The van der Waals surface area contributed by atoms with Crippen molar-refractivity contribution in [3.63, 3.8) is 0 Å². The van der Waals surface area contributed by atoms with Crippen LogP contribution in [0.1, 0.15) is 30.1 Å². The molecule has 7 heteroatoms. The van der Waals surface area contributed by atoms with Crippen LogP contribution >= 0.6 is 0 Å². The average molecular weight is 368 g/mol. The number of esters is 1. The molecule has 1 amide bonds. The fourth-order valence-corrected chi connectivity index (χ4v) is 2.33. The van der Waals surface area contributed by atoms with E-state index < -0.39 is 22.9 Å². The van der Waals surface area contributed by atoms with Gasteiger partial charge in [-0.3, -0.25) is 19.7 Å². The second-order valence-corrected chi connectivity index (χ2v) is 5.75. The van der Waals surface area contributed by atoms with Gasteiger partial charge in [-0.05, 0) is 24.1 Å². The van der Waals surface area contributed by atoms with Gasteiger partial charge in [0.25, 0.3) is 11.6 Å². The van der Waals surface area contributed by atoms with Gasteiger partial charge in [0.1, 0.15) is 0 Å². The Morgan fingerprint density at radius 2 is 1.81 bits per heavy atom. The summed E-state index contributed by atoms with van der Waals surface area (Å²) in [6, 6.07) is 14.6. The molecule has 27 heavy (non-hydrogen) atoms. The predicted octanol–water partition coefficient (Wildman–Crippen LogP) is 3.46. The zero-order valence-electron chi connectivity index (χ0n) is 14.7. The molecule has 0 aliphatic heterocycles. The van der Waals surface area contributed by atoms with Gasteiger partial charge < -0.3 is 10.1 Å². The lowest BCUT2D eigenvalue weighted by Crippen LogP contribution is -2.31. The van der Waals surface area contributed by atoms with Crippen molar-refractivity contribution in [3.8, 4) is 0 Å². The quantitative estimate of drug-likeness (QED) is 0.316. The molecule has 0 saturated carbocycles. The molecule has 0 aliphatic rings. The van der Waals surface area contributed by atoms with Crippen LogP contribution in [0.2, 0.25) is 0 Å². The highest BCUT2D eigenvalue weighted by Crippen LogP contribution is 2.22. The molecule has 0 aliphatic carbocycles. The number of hydrogen-bond acceptors (Lipinski definition) is 5. The van der Waals surface area contributed by atoms with Gasteiger partial charge in [0.2, 0.25) is 6.10 Å². The molecule has 1 unspecified atom stereocenters. The number of hydrogen-bond donors (Lipinski definition) is 1. The van der Waals surface area contributed by atoms with Crippen molar-refractivity contribution in [1.82, 2.24) is 5.32 Å². The lowest BCUT2D eigenvalue weighted by atomic mass is 10.1. The molecule has 2 rings (SSSR count). The molecule has 0 radical (unpaired) electrons. The molecule has 0 heterocycles. The summed E-state index contributed by atoms with van der Waals surface area (Å²) in [6.07, 6.45) is 0.917. The molecule has 0 spiro atoms. The highest BCUT2D eigenvalue weighted by Gasteiger charge is 2.25. The van der Waals surface area contributed by atoms with Crippen molar-refractivity contribution >= 4 is 17.6 Å². The molecular weight excluding hydrogens is 348 g/mol. The van der Waals surface area contributed by atoms with Crippen molar-refractivity contribution in [2.24, 2.45) is 0 Å². The van der Waals surface area contributed by atoms with E-state index in [1.807, 2.05) is 30.3 Å². The summed E-state index contributed by atoms with van der Waals surface area (Å²) in [6.45, 7) is 3.81. The Bertz CT molecular complexity index is 803. The van der Waals surface area contributed by atoms with Gasteiger partial charge in [-0.25, -0.2) is 0 Å². The lowest BCUT2D eigenvalue weighted by molar-refractivity contribution is -0.384. The Morgan fingerprint density at radius 1 is 1.15 bits per heavy atom. The Hall–Kier alpha value is -3.48. The second kappa shape index (κ2) is 9.86. The van der Waals surface area contributed by atoms with Crippen molar-refractivity contribution in [2.75, 3.05) is 0 Å². The van der Waals surface area contributed by atoms with Crippen LogP contribution in [-0.4, -0.2) is 16.8 Å². The summed E-state index contributed by atoms with van der Waals surface area (Å²) >= 11 is 0. The lowest BCUT2D eigenvalue weighted by Gasteiger charge is -2.18. The topological polar surface area (TPSA) is 98.5 Å². The monoisotopic (exact) mass is 368 g/mol. The minimum atomic E-state index is -1.19. The number of amides is 1. The fourth-order valence-electron chi connectivity index (χ4n) is 2.33. The first-order valence-electron chi connectivity index (χ1n) is 8.37. The molecule has 1 atom stereocenters. The number of benzene rings is 2. The number of nitro groups is 1. The molecule has 2 aromatic rings. The maximum Gasteiger partial charge on any atom is 0.307 e. The normalized spacial score (nSPS) is 11.3. The zero-order valence-corrected chi connectivity index (χ0v) is 14.7. The van der Waals surface area contributed by atoms with E-state index in [2.05, 4.69) is 11.9 Å². The van der Waals surface area contributed by atoms with E-state index in [1.165, 1.54) is 24.3 Å². The number of ether oxygens (including phenoxy) is 1. The van der Waals surface area contributed by atoms with Gasteiger partial charge in [-0.2, -0.15) is 0 Å². The van der Waals surface area contributed by atoms with E-state index in [9.17, 15) is 19.7 Å². The van der Waals surface area contributed by atoms with Crippen LogP contribution in [0.5, 0.6) is 0 Å². The minimum Gasteiger partial charge on any atom is -0.447 e. The number of carbonyl (C=O) groups excluding carboxylic acids is 2. The SMILES string of the molecule is C=CCCC(=O)OC(C(=O)NCc1ccccc1)c1ccc([N+](=O)[O-])cc1. The van der Waals surface area contributed by atoms with Crippen molar-refractivity contribution in [3.05, 3.63) is 88.5 Å². The van der Waals surface area contributed by atoms with Crippen LogP contribution in [0.15, 0.2) is 67.3 Å². The largest absolute Gasteiger partial charge is 0.447 e. The van der Waals surface area contributed by atoms with Crippen molar-refractivity contribution in [2.45, 2.75) is 25.5 Å². The first-order chi connectivity index (χ1) is 13.0. The molecule has 0 fully saturated rings. The Kier molecular flexibility index (Phi) is 7.25. The summed E-state index contributed by atoms with van der Waals surface area (Å²) in [5.41, 5.74) is 1.14. The molecule has 1 N–H and O–H groups in total. The summed E-state index contributed by atoms with van der Waals surface area (Å²) in [5.74, 6) is -1.05. The van der Waals surface area contributed by atoms with Crippen LogP contribution in [0, 0.1) is 10.1 Å². The number of nitro benzene ring substituents is 1. The number of non-ortho nitro benzene ring substituents is 1. The molecule has 2 aromatic carbocycles. The number of rotatable bonds is 9. The molecule has 0 aromatic heterocycles. The third-order valence-electron chi connectivity index (χ3n) is 3.76. The Labute approximate surface area is 156 Å². The van der Waals surface area contributed by atoms with Crippen molar-refractivity contribution < 1.29 is 19.2 Å². The van der Waals surface area contributed by atoms with Gasteiger partial charge >= 0.3 is 5.97 Å². The van der Waals surface area contributed by atoms with Crippen LogP contribution < -0.4 is 5.32 Å². The number of carbonyl (C=O) groups is 2. The highest BCUT2D eigenvalue weighted by atomic mass is 16.6. The number of allylic oxidation sites excluding steroid dienone is 1. The summed E-state index contributed by atoms with van der Waals surface area (Å²) < 4.78 is 5.32. The van der Waals surface area contributed by atoms with Gasteiger partial charge in [0, 0.05) is 30.7 Å². The first kappa shape index (κ1) is 19.8. The first-order valence-corrected chi connectivity index (χ1v) is 8.37.